The van der Waals surface area contributed by atoms with Crippen molar-refractivity contribution in [3.05, 3.63) is 0 Å². The minimum absolute atomic E-state index is 0.957. The molecule has 1 saturated carbocycles. The first kappa shape index (κ1) is 13.1. The Bertz CT molecular complexity index is 150. The molecule has 1 fully saturated rings. The average molecular weight is 210 g/mol. The summed E-state index contributed by atoms with van der Waals surface area (Å²) in [6.45, 7) is 7.02. The molecule has 1 aliphatic rings. The lowest BCUT2D eigenvalue weighted by Gasteiger charge is -2.07. The lowest BCUT2D eigenvalue weighted by atomic mass is 9.99. The topological polar surface area (TPSA) is 0 Å². The van der Waals surface area contributed by atoms with Gasteiger partial charge in [-0.25, -0.2) is 0 Å². The summed E-state index contributed by atoms with van der Waals surface area (Å²) in [6.07, 6.45) is 13.3. The van der Waals surface area contributed by atoms with Crippen molar-refractivity contribution >= 4 is 0 Å². The molecule has 3 unspecified atom stereocenters. The third-order valence-electron chi connectivity index (χ3n) is 4.20. The minimum Gasteiger partial charge on any atom is -0.0654 e. The molecule has 0 spiro atoms. The predicted octanol–water partition coefficient (Wildman–Crippen LogP) is 5.42. The zero-order valence-electron chi connectivity index (χ0n) is 11.1. The first-order valence-electron chi connectivity index (χ1n) is 7.27. The van der Waals surface area contributed by atoms with E-state index in [1.54, 1.807) is 6.42 Å². The summed E-state index contributed by atoms with van der Waals surface area (Å²) in [7, 11) is 0. The van der Waals surface area contributed by atoms with Gasteiger partial charge >= 0.3 is 0 Å². The Balaban J connectivity index is 1.82. The predicted molar refractivity (Wildman–Crippen MR) is 69.0 cm³/mol. The Hall–Kier alpha value is 0. The summed E-state index contributed by atoms with van der Waals surface area (Å²) in [5.74, 6) is 3.22. The van der Waals surface area contributed by atoms with Crippen molar-refractivity contribution in [3.8, 4) is 0 Å². The van der Waals surface area contributed by atoms with Crippen LogP contribution in [0.2, 0.25) is 0 Å². The van der Waals surface area contributed by atoms with Crippen LogP contribution < -0.4 is 0 Å². The van der Waals surface area contributed by atoms with E-state index in [1.807, 2.05) is 0 Å². The van der Waals surface area contributed by atoms with Crippen molar-refractivity contribution in [2.75, 3.05) is 0 Å². The number of rotatable bonds is 9. The van der Waals surface area contributed by atoms with Crippen molar-refractivity contribution in [3.63, 3.8) is 0 Å². The van der Waals surface area contributed by atoms with Gasteiger partial charge in [0.25, 0.3) is 0 Å². The van der Waals surface area contributed by atoms with Crippen LogP contribution in [0.1, 0.15) is 78.6 Å². The SMILES string of the molecule is CCCC1CC1CCCCCC(C)CC. The molecule has 0 amide bonds. The zero-order valence-corrected chi connectivity index (χ0v) is 11.1. The second kappa shape index (κ2) is 7.30. The maximum Gasteiger partial charge on any atom is -0.0383 e. The molecule has 0 N–H and O–H groups in total. The van der Waals surface area contributed by atoms with Crippen LogP contribution in [-0.2, 0) is 0 Å². The van der Waals surface area contributed by atoms with Gasteiger partial charge in [0, 0.05) is 0 Å². The van der Waals surface area contributed by atoms with E-state index in [0.717, 1.165) is 17.8 Å². The highest BCUT2D eigenvalue weighted by Crippen LogP contribution is 2.45. The standard InChI is InChI=1S/C15H30/c1-4-9-14-12-15(14)11-8-6-7-10-13(3)5-2/h13-15H,4-12H2,1-3H3. The fraction of sp³-hybridized carbons (Fsp3) is 1.00. The van der Waals surface area contributed by atoms with Crippen LogP contribution in [0.15, 0.2) is 0 Å². The third kappa shape index (κ3) is 5.58. The van der Waals surface area contributed by atoms with Crippen LogP contribution in [0.4, 0.5) is 0 Å². The Labute approximate surface area is 96.8 Å². The molecular formula is C15H30. The maximum absolute atomic E-state index is 2.39. The van der Waals surface area contributed by atoms with Gasteiger partial charge in [0.15, 0.2) is 0 Å². The third-order valence-corrected chi connectivity index (χ3v) is 4.20. The number of hydrogen-bond donors (Lipinski definition) is 0. The summed E-state index contributed by atoms with van der Waals surface area (Å²) in [5.41, 5.74) is 0. The molecule has 0 heterocycles. The van der Waals surface area contributed by atoms with Gasteiger partial charge < -0.3 is 0 Å². The van der Waals surface area contributed by atoms with Crippen LogP contribution in [0, 0.1) is 17.8 Å². The maximum atomic E-state index is 2.39. The van der Waals surface area contributed by atoms with Crippen LogP contribution in [0.25, 0.3) is 0 Å². The monoisotopic (exact) mass is 210 g/mol. The summed E-state index contributed by atoms with van der Waals surface area (Å²) in [4.78, 5) is 0. The first-order chi connectivity index (χ1) is 7.27. The molecule has 0 saturated heterocycles. The average Bonchev–Trinajstić information content (AvgIpc) is 2.96. The van der Waals surface area contributed by atoms with Gasteiger partial charge in [-0.2, -0.15) is 0 Å². The van der Waals surface area contributed by atoms with Crippen molar-refractivity contribution in [2.24, 2.45) is 17.8 Å². The van der Waals surface area contributed by atoms with Crippen LogP contribution in [0.5, 0.6) is 0 Å². The van der Waals surface area contributed by atoms with Gasteiger partial charge in [-0.05, 0) is 24.2 Å². The molecule has 0 aromatic carbocycles. The van der Waals surface area contributed by atoms with E-state index in [9.17, 15) is 0 Å². The number of unbranched alkanes of at least 4 members (excludes halogenated alkanes) is 2. The van der Waals surface area contributed by atoms with Gasteiger partial charge in [0.2, 0.25) is 0 Å². The quantitative estimate of drug-likeness (QED) is 0.446. The van der Waals surface area contributed by atoms with E-state index < -0.39 is 0 Å². The van der Waals surface area contributed by atoms with E-state index in [-0.39, 0.29) is 0 Å². The summed E-state index contributed by atoms with van der Waals surface area (Å²) < 4.78 is 0. The highest BCUT2D eigenvalue weighted by atomic mass is 14.4. The van der Waals surface area contributed by atoms with Gasteiger partial charge in [0.05, 0.1) is 0 Å². The molecule has 90 valence electrons. The first-order valence-corrected chi connectivity index (χ1v) is 7.27. The lowest BCUT2D eigenvalue weighted by molar-refractivity contribution is 0.466. The molecular weight excluding hydrogens is 180 g/mol. The van der Waals surface area contributed by atoms with Crippen LogP contribution in [-0.4, -0.2) is 0 Å². The van der Waals surface area contributed by atoms with Crippen molar-refractivity contribution < 1.29 is 0 Å². The van der Waals surface area contributed by atoms with Gasteiger partial charge in [0.1, 0.15) is 0 Å². The molecule has 0 radical (unpaired) electrons. The highest BCUT2D eigenvalue weighted by Gasteiger charge is 2.34. The molecule has 1 aliphatic carbocycles. The fourth-order valence-electron chi connectivity index (χ4n) is 2.67. The van der Waals surface area contributed by atoms with Crippen LogP contribution >= 0.6 is 0 Å². The Morgan fingerprint density at radius 2 is 1.73 bits per heavy atom. The van der Waals surface area contributed by atoms with Gasteiger partial charge in [-0.3, -0.25) is 0 Å². The summed E-state index contributed by atoms with van der Waals surface area (Å²) >= 11 is 0. The zero-order chi connectivity index (χ0) is 11.1. The largest absolute Gasteiger partial charge is 0.0654 e. The molecule has 15 heavy (non-hydrogen) atoms. The van der Waals surface area contributed by atoms with Crippen molar-refractivity contribution in [1.29, 1.82) is 0 Å². The van der Waals surface area contributed by atoms with E-state index in [2.05, 4.69) is 20.8 Å². The minimum atomic E-state index is 0.957. The molecule has 0 aromatic heterocycles. The molecule has 0 nitrogen and oxygen atoms in total. The van der Waals surface area contributed by atoms with Crippen LogP contribution in [0.3, 0.4) is 0 Å². The van der Waals surface area contributed by atoms with Gasteiger partial charge in [-0.15, -0.1) is 0 Å². The Kier molecular flexibility index (Phi) is 6.36. The molecule has 0 aromatic rings. The number of hydrogen-bond acceptors (Lipinski definition) is 0. The van der Waals surface area contributed by atoms with E-state index in [0.29, 0.717) is 0 Å². The smallest absolute Gasteiger partial charge is 0.0383 e. The highest BCUT2D eigenvalue weighted by molar-refractivity contribution is 4.85. The summed E-state index contributed by atoms with van der Waals surface area (Å²) in [6, 6.07) is 0. The fourth-order valence-corrected chi connectivity index (χ4v) is 2.67. The molecule has 0 bridgehead atoms. The van der Waals surface area contributed by atoms with E-state index in [1.165, 1.54) is 51.4 Å². The summed E-state index contributed by atoms with van der Waals surface area (Å²) in [5, 5.41) is 0. The molecule has 1 rings (SSSR count). The molecule has 0 aliphatic heterocycles. The van der Waals surface area contributed by atoms with Gasteiger partial charge in [-0.1, -0.05) is 72.1 Å². The molecule has 0 heteroatoms. The van der Waals surface area contributed by atoms with Crippen molar-refractivity contribution in [1.82, 2.24) is 0 Å². The Morgan fingerprint density at radius 1 is 1.00 bits per heavy atom. The second-order valence-corrected chi connectivity index (χ2v) is 5.70. The Morgan fingerprint density at radius 3 is 2.40 bits per heavy atom. The second-order valence-electron chi connectivity index (χ2n) is 5.70. The van der Waals surface area contributed by atoms with Crippen molar-refractivity contribution in [2.45, 2.75) is 78.6 Å². The normalized spacial score (nSPS) is 26.6. The van der Waals surface area contributed by atoms with E-state index >= 15 is 0 Å². The molecule has 3 atom stereocenters. The lowest BCUT2D eigenvalue weighted by Crippen LogP contribution is -1.92. The van der Waals surface area contributed by atoms with E-state index in [4.69, 9.17) is 0 Å².